The summed E-state index contributed by atoms with van der Waals surface area (Å²) in [4.78, 5) is 35.2. The maximum atomic E-state index is 12.8. The van der Waals surface area contributed by atoms with Crippen LogP contribution in [-0.2, 0) is 11.2 Å². The highest BCUT2D eigenvalue weighted by Crippen LogP contribution is 2.32. The van der Waals surface area contributed by atoms with Crippen LogP contribution in [0.3, 0.4) is 0 Å². The first-order valence-corrected chi connectivity index (χ1v) is 10.2. The highest BCUT2D eigenvalue weighted by Gasteiger charge is 2.33. The standard InChI is InChI=1S/C23H27N3O2/c1-16-19(14-17-8-3-2-4-9-17)23(28)25-22(24-16)20-12-7-13-26(20)21(27)15-18-10-5-6-11-18/h2-5,8-10,18,20H,6-7,11-15H2,1H3,(H,24,25,28)/t18-,20-/m1/s1. The van der Waals surface area contributed by atoms with Crippen LogP contribution in [0.1, 0.15) is 60.8 Å². The van der Waals surface area contributed by atoms with Gasteiger partial charge in [-0.1, -0.05) is 42.5 Å². The van der Waals surface area contributed by atoms with Gasteiger partial charge in [0.05, 0.1) is 6.04 Å². The fourth-order valence-corrected chi connectivity index (χ4v) is 4.35. The van der Waals surface area contributed by atoms with E-state index in [-0.39, 0.29) is 17.5 Å². The summed E-state index contributed by atoms with van der Waals surface area (Å²) in [5.74, 6) is 1.16. The van der Waals surface area contributed by atoms with E-state index >= 15 is 0 Å². The number of rotatable bonds is 5. The summed E-state index contributed by atoms with van der Waals surface area (Å²) in [6, 6.07) is 9.83. The lowest BCUT2D eigenvalue weighted by Gasteiger charge is -2.25. The number of hydrogen-bond donors (Lipinski definition) is 1. The molecule has 1 aromatic heterocycles. The van der Waals surface area contributed by atoms with Crippen molar-refractivity contribution in [1.82, 2.24) is 14.9 Å². The normalized spacial score (nSPS) is 21.4. The number of likely N-dealkylation sites (tertiary alicyclic amines) is 1. The van der Waals surface area contributed by atoms with Crippen LogP contribution in [0.4, 0.5) is 0 Å². The highest BCUT2D eigenvalue weighted by atomic mass is 16.2. The van der Waals surface area contributed by atoms with E-state index in [4.69, 9.17) is 4.98 Å². The van der Waals surface area contributed by atoms with Crippen LogP contribution in [0.5, 0.6) is 0 Å². The second kappa shape index (κ2) is 8.13. The molecule has 1 N–H and O–H groups in total. The lowest BCUT2D eigenvalue weighted by Crippen LogP contribution is -2.34. The maximum Gasteiger partial charge on any atom is 0.254 e. The molecule has 28 heavy (non-hydrogen) atoms. The number of H-pyrrole nitrogens is 1. The molecule has 0 spiro atoms. The van der Waals surface area contributed by atoms with E-state index in [2.05, 4.69) is 17.1 Å². The molecule has 2 aromatic rings. The van der Waals surface area contributed by atoms with Gasteiger partial charge in [-0.2, -0.15) is 0 Å². The quantitative estimate of drug-likeness (QED) is 0.808. The van der Waals surface area contributed by atoms with Crippen molar-refractivity contribution in [3.8, 4) is 0 Å². The molecule has 1 aromatic carbocycles. The molecule has 1 saturated heterocycles. The molecule has 1 fully saturated rings. The van der Waals surface area contributed by atoms with E-state index in [0.717, 1.165) is 43.5 Å². The fraction of sp³-hybridized carbons (Fsp3) is 0.435. The minimum Gasteiger partial charge on any atom is -0.332 e. The summed E-state index contributed by atoms with van der Waals surface area (Å²) in [5, 5.41) is 0. The van der Waals surface area contributed by atoms with Crippen molar-refractivity contribution in [3.05, 3.63) is 75.5 Å². The number of nitrogens with zero attached hydrogens (tertiary/aromatic N) is 2. The second-order valence-corrected chi connectivity index (χ2v) is 7.89. The Kier molecular flexibility index (Phi) is 5.42. The van der Waals surface area contributed by atoms with Crippen LogP contribution in [0.2, 0.25) is 0 Å². The Balaban J connectivity index is 1.54. The zero-order chi connectivity index (χ0) is 19.5. The zero-order valence-corrected chi connectivity index (χ0v) is 16.4. The third kappa shape index (κ3) is 3.93. The molecule has 0 radical (unpaired) electrons. The molecule has 146 valence electrons. The third-order valence-corrected chi connectivity index (χ3v) is 5.90. The molecule has 2 atom stereocenters. The molecule has 0 bridgehead atoms. The van der Waals surface area contributed by atoms with Gasteiger partial charge in [0.25, 0.3) is 5.56 Å². The van der Waals surface area contributed by atoms with Gasteiger partial charge in [-0.25, -0.2) is 4.98 Å². The average Bonchev–Trinajstić information content (AvgIpc) is 3.37. The molecule has 1 aliphatic heterocycles. The molecule has 1 aliphatic carbocycles. The fourth-order valence-electron chi connectivity index (χ4n) is 4.35. The van der Waals surface area contributed by atoms with Gasteiger partial charge in [-0.3, -0.25) is 9.59 Å². The topological polar surface area (TPSA) is 66.1 Å². The summed E-state index contributed by atoms with van der Waals surface area (Å²) < 4.78 is 0. The average molecular weight is 377 g/mol. The van der Waals surface area contributed by atoms with E-state index in [1.807, 2.05) is 42.2 Å². The van der Waals surface area contributed by atoms with E-state index in [1.54, 1.807) is 0 Å². The molecule has 4 rings (SSSR count). The number of aromatic nitrogens is 2. The molecule has 0 saturated carbocycles. The summed E-state index contributed by atoms with van der Waals surface area (Å²) in [7, 11) is 0. The zero-order valence-electron chi connectivity index (χ0n) is 16.4. The molecular formula is C23H27N3O2. The predicted molar refractivity (Wildman–Crippen MR) is 109 cm³/mol. The lowest BCUT2D eigenvalue weighted by molar-refractivity contribution is -0.133. The van der Waals surface area contributed by atoms with Crippen molar-refractivity contribution in [2.75, 3.05) is 6.54 Å². The number of nitrogens with one attached hydrogen (secondary N) is 1. The first-order chi connectivity index (χ1) is 13.6. The predicted octanol–water partition coefficient (Wildman–Crippen LogP) is 3.69. The summed E-state index contributed by atoms with van der Waals surface area (Å²) in [6.07, 6.45) is 9.38. The number of amides is 1. The summed E-state index contributed by atoms with van der Waals surface area (Å²) >= 11 is 0. The number of benzene rings is 1. The molecule has 5 nitrogen and oxygen atoms in total. The Labute approximate surface area is 165 Å². The number of carbonyl (C=O) groups excluding carboxylic acids is 1. The maximum absolute atomic E-state index is 12.8. The van der Waals surface area contributed by atoms with Gasteiger partial charge in [0.15, 0.2) is 0 Å². The van der Waals surface area contributed by atoms with Crippen molar-refractivity contribution < 1.29 is 4.79 Å². The van der Waals surface area contributed by atoms with Crippen molar-refractivity contribution in [2.24, 2.45) is 5.92 Å². The Morgan fingerprint density at radius 2 is 2.07 bits per heavy atom. The van der Waals surface area contributed by atoms with Gasteiger partial charge in [-0.15, -0.1) is 0 Å². The monoisotopic (exact) mass is 377 g/mol. The number of hydrogen-bond acceptors (Lipinski definition) is 3. The van der Waals surface area contributed by atoms with Gasteiger partial charge in [0, 0.05) is 30.6 Å². The molecule has 2 aliphatic rings. The first kappa shape index (κ1) is 18.7. The Bertz CT molecular complexity index is 933. The molecule has 0 unspecified atom stereocenters. The van der Waals surface area contributed by atoms with Crippen LogP contribution in [0.25, 0.3) is 0 Å². The Morgan fingerprint density at radius 1 is 1.25 bits per heavy atom. The highest BCUT2D eigenvalue weighted by molar-refractivity contribution is 5.77. The van der Waals surface area contributed by atoms with Crippen molar-refractivity contribution in [3.63, 3.8) is 0 Å². The van der Waals surface area contributed by atoms with E-state index in [1.165, 1.54) is 0 Å². The third-order valence-electron chi connectivity index (χ3n) is 5.90. The van der Waals surface area contributed by atoms with Crippen LogP contribution in [-0.4, -0.2) is 27.3 Å². The van der Waals surface area contributed by atoms with Gasteiger partial charge in [0.2, 0.25) is 5.91 Å². The lowest BCUT2D eigenvalue weighted by atomic mass is 10.0. The first-order valence-electron chi connectivity index (χ1n) is 10.2. The van der Waals surface area contributed by atoms with Gasteiger partial charge in [0.1, 0.15) is 5.82 Å². The van der Waals surface area contributed by atoms with Crippen LogP contribution >= 0.6 is 0 Å². The number of allylic oxidation sites excluding steroid dienone is 2. The molecule has 5 heteroatoms. The minimum absolute atomic E-state index is 0.0932. The SMILES string of the molecule is Cc1nc([C@H]2CCCN2C(=O)C[C@@H]2C=CCC2)[nH]c(=O)c1Cc1ccccc1. The molecular weight excluding hydrogens is 350 g/mol. The van der Waals surface area contributed by atoms with E-state index in [9.17, 15) is 9.59 Å². The molecule has 1 amide bonds. The van der Waals surface area contributed by atoms with E-state index < -0.39 is 0 Å². The van der Waals surface area contributed by atoms with Gasteiger partial charge < -0.3 is 9.88 Å². The Morgan fingerprint density at radius 3 is 2.79 bits per heavy atom. The van der Waals surface area contributed by atoms with Gasteiger partial charge >= 0.3 is 0 Å². The second-order valence-electron chi connectivity index (χ2n) is 7.89. The smallest absolute Gasteiger partial charge is 0.254 e. The largest absolute Gasteiger partial charge is 0.332 e. The summed E-state index contributed by atoms with van der Waals surface area (Å²) in [5.41, 5.74) is 2.44. The molecule has 2 heterocycles. The number of carbonyl (C=O) groups is 1. The van der Waals surface area contributed by atoms with E-state index in [0.29, 0.717) is 30.1 Å². The van der Waals surface area contributed by atoms with Crippen LogP contribution in [0, 0.1) is 12.8 Å². The van der Waals surface area contributed by atoms with Crippen LogP contribution in [0.15, 0.2) is 47.3 Å². The van der Waals surface area contributed by atoms with Crippen LogP contribution < -0.4 is 5.56 Å². The van der Waals surface area contributed by atoms with Gasteiger partial charge in [-0.05, 0) is 44.1 Å². The Hall–Kier alpha value is -2.69. The van der Waals surface area contributed by atoms with Crippen molar-refractivity contribution in [2.45, 2.75) is 51.5 Å². The minimum atomic E-state index is -0.116. The van der Waals surface area contributed by atoms with Crippen molar-refractivity contribution >= 4 is 5.91 Å². The number of aryl methyl sites for hydroxylation is 1. The summed E-state index contributed by atoms with van der Waals surface area (Å²) in [6.45, 7) is 2.63. The van der Waals surface area contributed by atoms with Crippen molar-refractivity contribution in [1.29, 1.82) is 0 Å². The number of aromatic amines is 1.